The molecule has 0 radical (unpaired) electrons. The van der Waals surface area contributed by atoms with Crippen LogP contribution in [0.5, 0.6) is 0 Å². The zero-order valence-electron chi connectivity index (χ0n) is 7.80. The lowest BCUT2D eigenvalue weighted by atomic mass is 10.3. The highest BCUT2D eigenvalue weighted by atomic mass is 79.9. The number of halogens is 3. The van der Waals surface area contributed by atoms with Gasteiger partial charge < -0.3 is 10.1 Å². The van der Waals surface area contributed by atoms with Gasteiger partial charge in [-0.3, -0.25) is 0 Å². The molecule has 0 atom stereocenters. The molecule has 7 nitrogen and oxygen atoms in total. The molecule has 0 aliphatic heterocycles. The Hall–Kier alpha value is -1.20. The third kappa shape index (κ3) is 2.92. The molecule has 17 heavy (non-hydrogen) atoms. The van der Waals surface area contributed by atoms with E-state index in [4.69, 9.17) is 5.14 Å². The van der Waals surface area contributed by atoms with Crippen LogP contribution in [0.3, 0.4) is 0 Å². The maximum absolute atomic E-state index is 12.5. The van der Waals surface area contributed by atoms with E-state index in [1.54, 1.807) is 0 Å². The van der Waals surface area contributed by atoms with Crippen LogP contribution in [0.1, 0.15) is 12.0 Å². The SMILES string of the molecule is NS(=O)(=O)c1nc([N+](=O)[O-])cc(C(F)F)c1Br. The second kappa shape index (κ2) is 4.58. The number of aromatic nitrogens is 1. The number of pyridine rings is 1. The summed E-state index contributed by atoms with van der Waals surface area (Å²) in [5.41, 5.74) is -0.865. The maximum Gasteiger partial charge on any atom is 0.365 e. The van der Waals surface area contributed by atoms with E-state index in [1.165, 1.54) is 0 Å². The Morgan fingerprint density at radius 1 is 1.53 bits per heavy atom. The Balaban J connectivity index is 3.67. The number of nitrogens with zero attached hydrogens (tertiary/aromatic N) is 2. The van der Waals surface area contributed by atoms with Crippen molar-refractivity contribution in [3.8, 4) is 0 Å². The first-order valence-corrected chi connectivity index (χ1v) is 6.14. The minimum absolute atomic E-state index is 0.476. The van der Waals surface area contributed by atoms with E-state index in [9.17, 15) is 27.3 Å². The number of alkyl halides is 2. The first-order valence-electron chi connectivity index (χ1n) is 3.80. The fraction of sp³-hybridized carbons (Fsp3) is 0.167. The van der Waals surface area contributed by atoms with Crippen molar-refractivity contribution in [3.05, 3.63) is 26.2 Å². The van der Waals surface area contributed by atoms with Crippen LogP contribution in [0.2, 0.25) is 0 Å². The average molecular weight is 332 g/mol. The average Bonchev–Trinajstić information content (AvgIpc) is 2.15. The topological polar surface area (TPSA) is 116 Å². The molecular weight excluding hydrogens is 328 g/mol. The molecule has 0 saturated carbocycles. The van der Waals surface area contributed by atoms with Gasteiger partial charge in [0, 0.05) is 11.6 Å². The van der Waals surface area contributed by atoms with Crippen LogP contribution in [-0.4, -0.2) is 18.3 Å². The van der Waals surface area contributed by atoms with E-state index >= 15 is 0 Å². The molecule has 1 heterocycles. The molecule has 2 N–H and O–H groups in total. The van der Waals surface area contributed by atoms with Crippen molar-refractivity contribution in [2.45, 2.75) is 11.5 Å². The van der Waals surface area contributed by atoms with E-state index in [0.29, 0.717) is 6.07 Å². The standard InChI is InChI=1S/C6H4BrF2N3O4S/c7-4-2(5(8)9)1-3(12(13)14)11-6(4)17(10,15)16/h1,5H,(H2,10,15,16). The molecule has 1 aromatic heterocycles. The fourth-order valence-corrected chi connectivity index (χ4v) is 2.59. The molecule has 0 amide bonds. The zero-order valence-corrected chi connectivity index (χ0v) is 10.2. The van der Waals surface area contributed by atoms with Crippen molar-refractivity contribution in [1.29, 1.82) is 0 Å². The molecule has 0 spiro atoms. The molecule has 11 heteroatoms. The van der Waals surface area contributed by atoms with Crippen LogP contribution in [0.25, 0.3) is 0 Å². The Bertz CT molecular complexity index is 577. The van der Waals surface area contributed by atoms with Gasteiger partial charge in [-0.05, 0) is 25.8 Å². The second-order valence-electron chi connectivity index (χ2n) is 2.79. The molecule has 0 bridgehead atoms. The number of hydrogen-bond acceptors (Lipinski definition) is 5. The molecule has 0 aliphatic carbocycles. The van der Waals surface area contributed by atoms with Gasteiger partial charge in [0.15, 0.2) is 0 Å². The summed E-state index contributed by atoms with van der Waals surface area (Å²) in [6.07, 6.45) is -3.11. The highest BCUT2D eigenvalue weighted by Crippen LogP contribution is 2.33. The van der Waals surface area contributed by atoms with Crippen LogP contribution in [0, 0.1) is 10.1 Å². The number of nitro groups is 1. The van der Waals surface area contributed by atoms with E-state index in [1.807, 2.05) is 0 Å². The molecular formula is C6H4BrF2N3O4S. The molecule has 0 fully saturated rings. The normalized spacial score (nSPS) is 11.8. The van der Waals surface area contributed by atoms with Gasteiger partial charge in [0.05, 0.1) is 4.47 Å². The lowest BCUT2D eigenvalue weighted by Gasteiger charge is -2.04. The molecule has 94 valence electrons. The van der Waals surface area contributed by atoms with Gasteiger partial charge in [0.25, 0.3) is 21.5 Å². The lowest BCUT2D eigenvalue weighted by molar-refractivity contribution is -0.390. The van der Waals surface area contributed by atoms with Crippen molar-refractivity contribution in [2.75, 3.05) is 0 Å². The molecule has 0 aliphatic rings. The highest BCUT2D eigenvalue weighted by molar-refractivity contribution is 9.10. The van der Waals surface area contributed by atoms with E-state index in [-0.39, 0.29) is 0 Å². The Kier molecular flexibility index (Phi) is 3.74. The number of sulfonamides is 1. The number of nitrogens with two attached hydrogens (primary N) is 1. The van der Waals surface area contributed by atoms with Gasteiger partial charge in [0.1, 0.15) is 0 Å². The van der Waals surface area contributed by atoms with Crippen LogP contribution in [0.15, 0.2) is 15.6 Å². The quantitative estimate of drug-likeness (QED) is 0.662. The summed E-state index contributed by atoms with van der Waals surface area (Å²) < 4.78 is 46.5. The van der Waals surface area contributed by atoms with Crippen molar-refractivity contribution < 1.29 is 22.1 Å². The summed E-state index contributed by atoms with van der Waals surface area (Å²) in [6, 6.07) is 0.476. The molecule has 0 unspecified atom stereocenters. The fourth-order valence-electron chi connectivity index (χ4n) is 0.952. The minimum atomic E-state index is -4.44. The van der Waals surface area contributed by atoms with Gasteiger partial charge in [0.2, 0.25) is 0 Å². The first kappa shape index (κ1) is 13.9. The molecule has 0 saturated heterocycles. The third-order valence-corrected chi connectivity index (χ3v) is 3.56. The van der Waals surface area contributed by atoms with Crippen LogP contribution < -0.4 is 5.14 Å². The lowest BCUT2D eigenvalue weighted by Crippen LogP contribution is -2.16. The zero-order chi connectivity index (χ0) is 13.4. The van der Waals surface area contributed by atoms with E-state index < -0.39 is 42.3 Å². The van der Waals surface area contributed by atoms with Crippen LogP contribution in [0.4, 0.5) is 14.6 Å². The summed E-state index contributed by atoms with van der Waals surface area (Å²) in [7, 11) is -4.44. The largest absolute Gasteiger partial charge is 0.365 e. The predicted octanol–water partition coefficient (Wildman–Crippen LogP) is 1.34. The second-order valence-corrected chi connectivity index (χ2v) is 5.06. The predicted molar refractivity (Wildman–Crippen MR) is 54.9 cm³/mol. The molecule has 0 aromatic carbocycles. The van der Waals surface area contributed by atoms with Crippen LogP contribution >= 0.6 is 15.9 Å². The highest BCUT2D eigenvalue weighted by Gasteiger charge is 2.30. The van der Waals surface area contributed by atoms with Gasteiger partial charge >= 0.3 is 5.82 Å². The van der Waals surface area contributed by atoms with Gasteiger partial charge in [-0.2, -0.15) is 0 Å². The van der Waals surface area contributed by atoms with Crippen molar-refractivity contribution in [1.82, 2.24) is 4.98 Å². The van der Waals surface area contributed by atoms with Gasteiger partial charge in [-0.15, -0.1) is 0 Å². The Morgan fingerprint density at radius 3 is 2.41 bits per heavy atom. The maximum atomic E-state index is 12.5. The summed E-state index contributed by atoms with van der Waals surface area (Å²) in [4.78, 5) is 12.4. The molecule has 1 aromatic rings. The van der Waals surface area contributed by atoms with Gasteiger partial charge in [-0.25, -0.2) is 22.3 Å². The summed E-state index contributed by atoms with van der Waals surface area (Å²) in [5.74, 6) is -1.02. The monoisotopic (exact) mass is 331 g/mol. The third-order valence-electron chi connectivity index (χ3n) is 1.63. The van der Waals surface area contributed by atoms with Crippen molar-refractivity contribution in [3.63, 3.8) is 0 Å². The number of rotatable bonds is 3. The van der Waals surface area contributed by atoms with Crippen molar-refractivity contribution >= 4 is 31.8 Å². The Labute approximate surface area is 102 Å². The van der Waals surface area contributed by atoms with E-state index in [0.717, 1.165) is 0 Å². The van der Waals surface area contributed by atoms with E-state index in [2.05, 4.69) is 20.9 Å². The van der Waals surface area contributed by atoms with Gasteiger partial charge in [-0.1, -0.05) is 0 Å². The number of hydrogen-bond donors (Lipinski definition) is 1. The first-order chi connectivity index (χ1) is 7.64. The minimum Gasteiger partial charge on any atom is -0.358 e. The molecule has 1 rings (SSSR count). The smallest absolute Gasteiger partial charge is 0.358 e. The van der Waals surface area contributed by atoms with Crippen LogP contribution in [-0.2, 0) is 10.0 Å². The number of primary sulfonamides is 1. The Morgan fingerprint density at radius 2 is 2.06 bits per heavy atom. The summed E-state index contributed by atoms with van der Waals surface area (Å²) in [6.45, 7) is 0. The summed E-state index contributed by atoms with van der Waals surface area (Å²) in [5, 5.41) is 14.1. The van der Waals surface area contributed by atoms with Crippen molar-refractivity contribution in [2.24, 2.45) is 5.14 Å². The summed E-state index contributed by atoms with van der Waals surface area (Å²) >= 11 is 2.58.